The lowest BCUT2D eigenvalue weighted by Gasteiger charge is -2.14. The number of nitrogens with one attached hydrogen (secondary N) is 1. The maximum absolute atomic E-state index is 12.2. The highest BCUT2D eigenvalue weighted by molar-refractivity contribution is 5.96. The summed E-state index contributed by atoms with van der Waals surface area (Å²) >= 11 is 0. The van der Waals surface area contributed by atoms with Crippen molar-refractivity contribution in [2.45, 2.75) is 6.04 Å². The molecule has 2 aromatic heterocycles. The van der Waals surface area contributed by atoms with Crippen LogP contribution in [0.1, 0.15) is 22.1 Å². The highest BCUT2D eigenvalue weighted by atomic mass is 16.5. The topological polar surface area (TPSA) is 111 Å². The number of nitrogens with two attached hydrogens (primary N) is 1. The van der Waals surface area contributed by atoms with Gasteiger partial charge in [0.25, 0.3) is 5.91 Å². The van der Waals surface area contributed by atoms with Gasteiger partial charge in [0.2, 0.25) is 11.7 Å². The number of primary amides is 1. The Kier molecular flexibility index (Phi) is 3.92. The quantitative estimate of drug-likeness (QED) is 0.747. The van der Waals surface area contributed by atoms with Crippen LogP contribution in [0.4, 0.5) is 0 Å². The Morgan fingerprint density at radius 3 is 2.52 bits per heavy atom. The van der Waals surface area contributed by atoms with Crippen LogP contribution in [0.25, 0.3) is 11.5 Å². The van der Waals surface area contributed by atoms with Crippen molar-refractivity contribution in [3.63, 3.8) is 0 Å². The molecule has 0 aliphatic rings. The average Bonchev–Trinajstić information content (AvgIpc) is 3.23. The van der Waals surface area contributed by atoms with Crippen molar-refractivity contribution in [3.8, 4) is 11.5 Å². The van der Waals surface area contributed by atoms with E-state index in [1.807, 2.05) is 0 Å². The number of carbonyl (C=O) groups is 2. The standard InChI is InChI=1S/C16H13N3O4/c17-15(20)14(10-5-2-1-3-6-10)18-16(21)11-9-13(23-19-11)12-7-4-8-22-12/h1-9,14H,(H2,17,20)(H,18,21). The third kappa shape index (κ3) is 3.13. The predicted molar refractivity (Wildman–Crippen MR) is 80.0 cm³/mol. The van der Waals surface area contributed by atoms with Gasteiger partial charge >= 0.3 is 0 Å². The molecule has 1 aromatic carbocycles. The summed E-state index contributed by atoms with van der Waals surface area (Å²) < 4.78 is 10.2. The third-order valence-corrected chi connectivity index (χ3v) is 3.20. The van der Waals surface area contributed by atoms with Gasteiger partial charge in [-0.15, -0.1) is 0 Å². The van der Waals surface area contributed by atoms with Gasteiger partial charge < -0.3 is 20.0 Å². The van der Waals surface area contributed by atoms with Crippen molar-refractivity contribution in [2.24, 2.45) is 5.73 Å². The number of nitrogens with zero attached hydrogens (tertiary/aromatic N) is 1. The maximum atomic E-state index is 12.2. The zero-order valence-electron chi connectivity index (χ0n) is 11.9. The molecule has 3 N–H and O–H groups in total. The van der Waals surface area contributed by atoms with Crippen LogP contribution >= 0.6 is 0 Å². The van der Waals surface area contributed by atoms with Gasteiger partial charge in [-0.1, -0.05) is 35.5 Å². The predicted octanol–water partition coefficient (Wildman–Crippen LogP) is 1.89. The highest BCUT2D eigenvalue weighted by Crippen LogP contribution is 2.21. The second kappa shape index (κ2) is 6.18. The number of furan rings is 1. The number of hydrogen-bond donors (Lipinski definition) is 2. The van der Waals surface area contributed by atoms with E-state index in [0.717, 1.165) is 0 Å². The first-order chi connectivity index (χ1) is 11.1. The van der Waals surface area contributed by atoms with Crippen LogP contribution < -0.4 is 11.1 Å². The molecule has 1 unspecified atom stereocenters. The normalized spacial score (nSPS) is 11.8. The number of hydrogen-bond acceptors (Lipinski definition) is 5. The largest absolute Gasteiger partial charge is 0.461 e. The van der Waals surface area contributed by atoms with Gasteiger partial charge in [0, 0.05) is 6.07 Å². The molecule has 0 bridgehead atoms. The van der Waals surface area contributed by atoms with Crippen molar-refractivity contribution in [1.82, 2.24) is 10.5 Å². The molecular formula is C16H13N3O4. The van der Waals surface area contributed by atoms with Gasteiger partial charge in [-0.2, -0.15) is 0 Å². The Morgan fingerprint density at radius 1 is 1.09 bits per heavy atom. The van der Waals surface area contributed by atoms with Crippen molar-refractivity contribution in [2.75, 3.05) is 0 Å². The molecule has 0 spiro atoms. The van der Waals surface area contributed by atoms with Crippen molar-refractivity contribution in [1.29, 1.82) is 0 Å². The van der Waals surface area contributed by atoms with Crippen molar-refractivity contribution in [3.05, 3.63) is 66.1 Å². The van der Waals surface area contributed by atoms with Crippen LogP contribution in [0, 0.1) is 0 Å². The summed E-state index contributed by atoms with van der Waals surface area (Å²) in [6, 6.07) is 12.6. The molecule has 3 rings (SSSR count). The summed E-state index contributed by atoms with van der Waals surface area (Å²) in [6.45, 7) is 0. The van der Waals surface area contributed by atoms with Gasteiger partial charge in [-0.05, 0) is 17.7 Å². The number of amides is 2. The van der Waals surface area contributed by atoms with E-state index < -0.39 is 17.9 Å². The van der Waals surface area contributed by atoms with E-state index in [-0.39, 0.29) is 5.69 Å². The van der Waals surface area contributed by atoms with Gasteiger partial charge in [-0.25, -0.2) is 0 Å². The van der Waals surface area contributed by atoms with E-state index in [1.165, 1.54) is 12.3 Å². The van der Waals surface area contributed by atoms with E-state index in [1.54, 1.807) is 42.5 Å². The fourth-order valence-corrected chi connectivity index (χ4v) is 2.09. The van der Waals surface area contributed by atoms with Gasteiger partial charge in [0.1, 0.15) is 6.04 Å². The van der Waals surface area contributed by atoms with Crippen LogP contribution in [0.2, 0.25) is 0 Å². The molecule has 0 aliphatic heterocycles. The molecule has 0 aliphatic carbocycles. The fourth-order valence-electron chi connectivity index (χ4n) is 2.09. The summed E-state index contributed by atoms with van der Waals surface area (Å²) in [5, 5.41) is 6.22. The molecule has 0 fully saturated rings. The second-order valence-corrected chi connectivity index (χ2v) is 4.77. The van der Waals surface area contributed by atoms with Gasteiger partial charge in [0.05, 0.1) is 6.26 Å². The Bertz CT molecular complexity index is 809. The summed E-state index contributed by atoms with van der Waals surface area (Å²) in [6.07, 6.45) is 1.48. The first-order valence-electron chi connectivity index (χ1n) is 6.81. The SMILES string of the molecule is NC(=O)C(NC(=O)c1cc(-c2ccco2)on1)c1ccccc1. The molecule has 23 heavy (non-hydrogen) atoms. The fraction of sp³-hybridized carbons (Fsp3) is 0.0625. The maximum Gasteiger partial charge on any atom is 0.274 e. The number of carbonyl (C=O) groups excluding carboxylic acids is 2. The third-order valence-electron chi connectivity index (χ3n) is 3.20. The molecule has 2 amide bonds. The minimum absolute atomic E-state index is 0.0265. The monoisotopic (exact) mass is 311 g/mol. The Hall–Kier alpha value is -3.35. The summed E-state index contributed by atoms with van der Waals surface area (Å²) in [5.41, 5.74) is 5.98. The lowest BCUT2D eigenvalue weighted by Crippen LogP contribution is -2.37. The Morgan fingerprint density at radius 2 is 1.87 bits per heavy atom. The highest BCUT2D eigenvalue weighted by Gasteiger charge is 2.23. The second-order valence-electron chi connectivity index (χ2n) is 4.77. The number of benzene rings is 1. The van der Waals surface area contributed by atoms with E-state index in [2.05, 4.69) is 10.5 Å². The van der Waals surface area contributed by atoms with E-state index in [9.17, 15) is 9.59 Å². The molecule has 3 aromatic rings. The number of rotatable bonds is 5. The van der Waals surface area contributed by atoms with Crippen LogP contribution in [-0.2, 0) is 4.79 Å². The molecule has 7 nitrogen and oxygen atoms in total. The minimum atomic E-state index is -0.951. The molecule has 0 saturated carbocycles. The first-order valence-corrected chi connectivity index (χ1v) is 6.81. The lowest BCUT2D eigenvalue weighted by atomic mass is 10.1. The van der Waals surface area contributed by atoms with Gasteiger partial charge in [-0.3, -0.25) is 9.59 Å². The smallest absolute Gasteiger partial charge is 0.274 e. The minimum Gasteiger partial charge on any atom is -0.461 e. The Balaban J connectivity index is 1.79. The van der Waals surface area contributed by atoms with E-state index >= 15 is 0 Å². The molecule has 2 heterocycles. The lowest BCUT2D eigenvalue weighted by molar-refractivity contribution is -0.120. The zero-order valence-corrected chi connectivity index (χ0v) is 11.9. The van der Waals surface area contributed by atoms with Crippen molar-refractivity contribution < 1.29 is 18.5 Å². The molecular weight excluding hydrogens is 298 g/mol. The van der Waals surface area contributed by atoms with Crippen LogP contribution in [-0.4, -0.2) is 17.0 Å². The van der Waals surface area contributed by atoms with Crippen LogP contribution in [0.3, 0.4) is 0 Å². The van der Waals surface area contributed by atoms with Crippen molar-refractivity contribution >= 4 is 11.8 Å². The van der Waals surface area contributed by atoms with Crippen LogP contribution in [0.5, 0.6) is 0 Å². The molecule has 7 heteroatoms. The molecule has 116 valence electrons. The van der Waals surface area contributed by atoms with E-state index in [0.29, 0.717) is 17.1 Å². The molecule has 1 atom stereocenters. The molecule has 0 radical (unpaired) electrons. The summed E-state index contributed by atoms with van der Waals surface area (Å²) in [7, 11) is 0. The number of aromatic nitrogens is 1. The summed E-state index contributed by atoms with van der Waals surface area (Å²) in [5.74, 6) is -0.472. The van der Waals surface area contributed by atoms with Crippen LogP contribution in [0.15, 0.2) is 63.7 Å². The van der Waals surface area contributed by atoms with E-state index in [4.69, 9.17) is 14.7 Å². The Labute approximate surface area is 131 Å². The zero-order chi connectivity index (χ0) is 16.2. The first kappa shape index (κ1) is 14.6. The summed E-state index contributed by atoms with van der Waals surface area (Å²) in [4.78, 5) is 23.9. The molecule has 0 saturated heterocycles. The average molecular weight is 311 g/mol. The van der Waals surface area contributed by atoms with Gasteiger partial charge in [0.15, 0.2) is 11.5 Å².